The fourth-order valence-corrected chi connectivity index (χ4v) is 4.55. The molecule has 0 amide bonds. The third-order valence-electron chi connectivity index (χ3n) is 6.82. The Kier molecular flexibility index (Phi) is 8.28. The van der Waals surface area contributed by atoms with Crippen LogP contribution in [-0.2, 0) is 31.3 Å². The van der Waals surface area contributed by atoms with E-state index in [4.69, 9.17) is 4.74 Å². The molecule has 0 radical (unpaired) electrons. The largest absolute Gasteiger partial charge is 0.489 e. The molecule has 2 heterocycles. The first-order valence-electron chi connectivity index (χ1n) is 13.2. The number of benzene rings is 2. The van der Waals surface area contributed by atoms with E-state index in [1.807, 2.05) is 31.2 Å². The van der Waals surface area contributed by atoms with E-state index in [1.165, 1.54) is 12.7 Å². The Morgan fingerprint density at radius 2 is 1.62 bits per heavy atom. The number of aromatic nitrogens is 4. The summed E-state index contributed by atoms with van der Waals surface area (Å²) in [5, 5.41) is 16.0. The molecule has 0 aliphatic carbocycles. The summed E-state index contributed by atoms with van der Waals surface area (Å²) in [7, 11) is 1.38. The Balaban J connectivity index is 1.40. The van der Waals surface area contributed by atoms with Crippen molar-refractivity contribution in [2.45, 2.75) is 65.5 Å². The number of ether oxygens (including phenoxy) is 1. The van der Waals surface area contributed by atoms with Crippen LogP contribution in [0.1, 0.15) is 56.6 Å². The average Bonchev–Trinajstić information content (AvgIpc) is 3.22. The van der Waals surface area contributed by atoms with Crippen molar-refractivity contribution >= 4 is 5.82 Å². The number of nitro groups is 1. The number of pyridine rings is 1. The molecule has 2 aromatic heterocycles. The summed E-state index contributed by atoms with van der Waals surface area (Å²) in [6, 6.07) is 19.5. The summed E-state index contributed by atoms with van der Waals surface area (Å²) in [5.41, 5.74) is 4.74. The molecular weight excluding hydrogens is 494 g/mol. The highest BCUT2D eigenvalue weighted by molar-refractivity contribution is 5.62. The highest BCUT2D eigenvalue weighted by atomic mass is 16.6. The van der Waals surface area contributed by atoms with Gasteiger partial charge < -0.3 is 14.9 Å². The minimum atomic E-state index is -0.545. The van der Waals surface area contributed by atoms with Crippen molar-refractivity contribution in [2.24, 2.45) is 0 Å². The van der Waals surface area contributed by atoms with E-state index in [2.05, 4.69) is 55.1 Å². The first-order chi connectivity index (χ1) is 18.6. The number of rotatable bonds is 10. The van der Waals surface area contributed by atoms with E-state index >= 15 is 0 Å². The summed E-state index contributed by atoms with van der Waals surface area (Å²) in [6.07, 6.45) is 2.34. The van der Waals surface area contributed by atoms with Crippen LogP contribution in [0.15, 0.2) is 65.5 Å². The molecule has 4 aromatic rings. The molecule has 9 heteroatoms. The van der Waals surface area contributed by atoms with Gasteiger partial charge in [-0.2, -0.15) is 5.10 Å². The molecule has 4 rings (SSSR count). The molecular formula is C30H35N5O4. The fourth-order valence-electron chi connectivity index (χ4n) is 4.55. The lowest BCUT2D eigenvalue weighted by molar-refractivity contribution is -0.390. The van der Waals surface area contributed by atoms with Crippen LogP contribution in [-0.4, -0.2) is 31.4 Å². The van der Waals surface area contributed by atoms with Crippen LogP contribution in [0, 0.1) is 10.1 Å². The van der Waals surface area contributed by atoms with E-state index in [9.17, 15) is 14.9 Å². The predicted octanol–water partition coefficient (Wildman–Crippen LogP) is 5.56. The van der Waals surface area contributed by atoms with Crippen LogP contribution in [0.25, 0.3) is 11.3 Å². The number of hydrogen-bond donors (Lipinski definition) is 0. The zero-order valence-electron chi connectivity index (χ0n) is 23.2. The average molecular weight is 530 g/mol. The highest BCUT2D eigenvalue weighted by Crippen LogP contribution is 2.28. The molecule has 0 saturated carbocycles. The van der Waals surface area contributed by atoms with Crippen LogP contribution >= 0.6 is 0 Å². The quantitative estimate of drug-likeness (QED) is 0.197. The van der Waals surface area contributed by atoms with Crippen LogP contribution in [0.3, 0.4) is 0 Å². The minimum absolute atomic E-state index is 0.0833. The maximum absolute atomic E-state index is 13.0. The van der Waals surface area contributed by atoms with Gasteiger partial charge in [0, 0.05) is 18.5 Å². The summed E-state index contributed by atoms with van der Waals surface area (Å²) in [5.74, 6) is 0.620. The zero-order chi connectivity index (χ0) is 28.2. The van der Waals surface area contributed by atoms with Gasteiger partial charge in [0.05, 0.1) is 13.7 Å². The maximum atomic E-state index is 13.0. The molecule has 0 bridgehead atoms. The first kappa shape index (κ1) is 27.8. The van der Waals surface area contributed by atoms with Gasteiger partial charge in [0.1, 0.15) is 5.82 Å². The lowest BCUT2D eigenvalue weighted by atomic mass is 9.87. The first-order valence-corrected chi connectivity index (χ1v) is 13.2. The van der Waals surface area contributed by atoms with Gasteiger partial charge in [0.2, 0.25) is 5.75 Å². The van der Waals surface area contributed by atoms with Gasteiger partial charge in [-0.05, 0) is 63.9 Å². The summed E-state index contributed by atoms with van der Waals surface area (Å²) < 4.78 is 8.34. The van der Waals surface area contributed by atoms with Crippen molar-refractivity contribution in [1.82, 2.24) is 19.3 Å². The molecule has 0 saturated heterocycles. The molecule has 0 aliphatic rings. The van der Waals surface area contributed by atoms with Gasteiger partial charge in [-0.15, -0.1) is 0 Å². The Hall–Kier alpha value is -4.27. The Labute approximate surface area is 228 Å². The molecule has 204 valence electrons. The van der Waals surface area contributed by atoms with E-state index in [0.29, 0.717) is 25.2 Å². The Bertz CT molecular complexity index is 1500. The monoisotopic (exact) mass is 529 g/mol. The second kappa shape index (κ2) is 11.6. The summed E-state index contributed by atoms with van der Waals surface area (Å²) >= 11 is 0. The van der Waals surface area contributed by atoms with Crippen LogP contribution in [0.4, 0.5) is 5.82 Å². The van der Waals surface area contributed by atoms with E-state index < -0.39 is 4.92 Å². The van der Waals surface area contributed by atoms with Crippen molar-refractivity contribution in [2.75, 3.05) is 7.11 Å². The van der Waals surface area contributed by atoms with Crippen molar-refractivity contribution in [3.63, 3.8) is 0 Å². The van der Waals surface area contributed by atoms with Crippen LogP contribution in [0.5, 0.6) is 5.75 Å². The maximum Gasteiger partial charge on any atom is 0.406 e. The van der Waals surface area contributed by atoms with E-state index in [0.717, 1.165) is 35.4 Å². The molecule has 0 aliphatic heterocycles. The third-order valence-corrected chi connectivity index (χ3v) is 6.82. The lowest BCUT2D eigenvalue weighted by Gasteiger charge is -2.19. The van der Waals surface area contributed by atoms with Crippen molar-refractivity contribution in [1.29, 1.82) is 0 Å². The number of methoxy groups -OCH3 is 1. The molecule has 0 atom stereocenters. The SMILES string of the molecule is CCn1c(CCCc2ccc(-c3ccc(OC)c([N+](=O)[O-])n3)cc2)nn(Cc2ccc(C(C)(C)C)cc2)c1=O. The standard InChI is InChI=1S/C30H35N5O4/c1-6-33-27(32-34(29(33)36)20-22-12-16-24(17-13-22)30(2,3)4)9-7-8-21-10-14-23(15-11-21)25-18-19-26(39-5)28(31-25)35(37)38/h10-19H,6-9,20H2,1-5H3. The second-order valence-electron chi connectivity index (χ2n) is 10.6. The normalized spacial score (nSPS) is 11.5. The number of nitrogens with zero attached hydrogens (tertiary/aromatic N) is 5. The van der Waals surface area contributed by atoms with Crippen molar-refractivity contribution in [3.05, 3.63) is 104 Å². The zero-order valence-corrected chi connectivity index (χ0v) is 23.2. The van der Waals surface area contributed by atoms with Gasteiger partial charge in [-0.1, -0.05) is 69.3 Å². The van der Waals surface area contributed by atoms with Crippen LogP contribution in [0.2, 0.25) is 0 Å². The molecule has 0 spiro atoms. The van der Waals surface area contributed by atoms with Crippen molar-refractivity contribution < 1.29 is 9.66 Å². The molecule has 39 heavy (non-hydrogen) atoms. The Morgan fingerprint density at radius 1 is 0.949 bits per heavy atom. The molecule has 0 unspecified atom stereocenters. The highest BCUT2D eigenvalue weighted by Gasteiger charge is 2.19. The summed E-state index contributed by atoms with van der Waals surface area (Å²) in [4.78, 5) is 27.9. The molecule has 2 aromatic carbocycles. The molecule has 0 fully saturated rings. The van der Waals surface area contributed by atoms with E-state index in [-0.39, 0.29) is 22.7 Å². The van der Waals surface area contributed by atoms with Crippen LogP contribution < -0.4 is 10.4 Å². The fraction of sp³-hybridized carbons (Fsp3) is 0.367. The molecule has 9 nitrogen and oxygen atoms in total. The van der Waals surface area contributed by atoms with Gasteiger partial charge in [-0.3, -0.25) is 4.57 Å². The van der Waals surface area contributed by atoms with Gasteiger partial charge in [0.15, 0.2) is 5.69 Å². The van der Waals surface area contributed by atoms with Gasteiger partial charge in [0.25, 0.3) is 0 Å². The smallest absolute Gasteiger partial charge is 0.406 e. The molecule has 0 N–H and O–H groups in total. The van der Waals surface area contributed by atoms with Gasteiger partial charge >= 0.3 is 11.5 Å². The third kappa shape index (κ3) is 6.42. The Morgan fingerprint density at radius 3 is 2.21 bits per heavy atom. The summed E-state index contributed by atoms with van der Waals surface area (Å²) in [6.45, 7) is 9.53. The van der Waals surface area contributed by atoms with E-state index in [1.54, 1.807) is 21.4 Å². The second-order valence-corrected chi connectivity index (χ2v) is 10.6. The topological polar surface area (TPSA) is 105 Å². The number of aryl methyl sites for hydroxylation is 2. The minimum Gasteiger partial charge on any atom is -0.489 e. The number of hydrogen-bond acceptors (Lipinski definition) is 6. The lowest BCUT2D eigenvalue weighted by Crippen LogP contribution is -2.25. The van der Waals surface area contributed by atoms with Crippen molar-refractivity contribution in [3.8, 4) is 17.0 Å². The van der Waals surface area contributed by atoms with Gasteiger partial charge in [-0.25, -0.2) is 9.48 Å². The predicted molar refractivity (Wildman–Crippen MR) is 151 cm³/mol.